The van der Waals surface area contributed by atoms with E-state index in [9.17, 15) is 0 Å². The maximum absolute atomic E-state index is 6.08. The lowest BCUT2D eigenvalue weighted by atomic mass is 10.1. The highest BCUT2D eigenvalue weighted by molar-refractivity contribution is 9.10. The zero-order chi connectivity index (χ0) is 11.4. The maximum atomic E-state index is 6.08. The Kier molecular flexibility index (Phi) is 4.24. The van der Waals surface area contributed by atoms with Crippen LogP contribution in [-0.4, -0.2) is 19.7 Å². The van der Waals surface area contributed by atoms with Crippen molar-refractivity contribution in [3.8, 4) is 5.75 Å². The zero-order valence-corrected chi connectivity index (χ0v) is 11.2. The smallest absolute Gasteiger partial charge is 0.133 e. The number of para-hydroxylation sites is 1. The number of nitrogens with one attached hydrogen (secondary N) is 1. The summed E-state index contributed by atoms with van der Waals surface area (Å²) in [5.41, 5.74) is 0. The number of ether oxygens (including phenoxy) is 1. The molecule has 0 aliphatic heterocycles. The molecule has 88 valence electrons. The molecule has 1 saturated carbocycles. The van der Waals surface area contributed by atoms with E-state index in [1.165, 1.54) is 19.3 Å². The van der Waals surface area contributed by atoms with Gasteiger partial charge in [-0.15, -0.1) is 0 Å². The van der Waals surface area contributed by atoms with E-state index < -0.39 is 0 Å². The summed E-state index contributed by atoms with van der Waals surface area (Å²) in [7, 11) is 2.01. The van der Waals surface area contributed by atoms with Crippen molar-refractivity contribution in [1.82, 2.24) is 5.32 Å². The molecule has 2 nitrogen and oxygen atoms in total. The van der Waals surface area contributed by atoms with Crippen LogP contribution in [0.3, 0.4) is 0 Å². The summed E-state index contributed by atoms with van der Waals surface area (Å²) < 4.78 is 7.13. The number of hydrogen-bond acceptors (Lipinski definition) is 2. The Morgan fingerprint density at radius 3 is 2.94 bits per heavy atom. The lowest BCUT2D eigenvalue weighted by Gasteiger charge is -2.21. The molecule has 1 fully saturated rings. The van der Waals surface area contributed by atoms with Crippen molar-refractivity contribution >= 4 is 15.9 Å². The van der Waals surface area contributed by atoms with Gasteiger partial charge in [-0.05, 0) is 54.4 Å². The second kappa shape index (κ2) is 5.69. The predicted molar refractivity (Wildman–Crippen MR) is 69.8 cm³/mol. The lowest BCUT2D eigenvalue weighted by Crippen LogP contribution is -2.29. The number of halogens is 1. The summed E-state index contributed by atoms with van der Waals surface area (Å²) in [4.78, 5) is 0. The molecule has 3 heteroatoms. The van der Waals surface area contributed by atoms with E-state index in [1.54, 1.807) is 0 Å². The van der Waals surface area contributed by atoms with Crippen molar-refractivity contribution in [2.24, 2.45) is 5.92 Å². The average Bonchev–Trinajstić information content (AvgIpc) is 2.70. The SMILES string of the molecule is CNCC1CCCC1Oc1ccccc1Br. The molecule has 0 heterocycles. The summed E-state index contributed by atoms with van der Waals surface area (Å²) in [5.74, 6) is 1.62. The van der Waals surface area contributed by atoms with E-state index in [0.29, 0.717) is 12.0 Å². The Morgan fingerprint density at radius 2 is 2.19 bits per heavy atom. The third kappa shape index (κ3) is 2.77. The van der Waals surface area contributed by atoms with Gasteiger partial charge in [0.25, 0.3) is 0 Å². The van der Waals surface area contributed by atoms with Crippen LogP contribution in [0.1, 0.15) is 19.3 Å². The van der Waals surface area contributed by atoms with Gasteiger partial charge in [-0.1, -0.05) is 12.1 Å². The standard InChI is InChI=1S/C13H18BrNO/c1-15-9-10-5-4-8-12(10)16-13-7-3-2-6-11(13)14/h2-3,6-7,10,12,15H,4-5,8-9H2,1H3. The molecule has 1 aromatic rings. The van der Waals surface area contributed by atoms with Crippen LogP contribution in [0.4, 0.5) is 0 Å². The summed E-state index contributed by atoms with van der Waals surface area (Å²) in [5, 5.41) is 3.25. The van der Waals surface area contributed by atoms with Gasteiger partial charge in [-0.25, -0.2) is 0 Å². The molecule has 1 aromatic carbocycles. The number of hydrogen-bond donors (Lipinski definition) is 1. The third-order valence-electron chi connectivity index (χ3n) is 3.17. The fraction of sp³-hybridized carbons (Fsp3) is 0.538. The molecular weight excluding hydrogens is 266 g/mol. The minimum Gasteiger partial charge on any atom is -0.489 e. The first kappa shape index (κ1) is 11.9. The van der Waals surface area contributed by atoms with Crippen LogP contribution in [0.5, 0.6) is 5.75 Å². The molecule has 1 aliphatic carbocycles. The third-order valence-corrected chi connectivity index (χ3v) is 3.83. The summed E-state index contributed by atoms with van der Waals surface area (Å²) in [6.07, 6.45) is 4.09. The fourth-order valence-electron chi connectivity index (χ4n) is 2.36. The van der Waals surface area contributed by atoms with Gasteiger partial charge in [-0.3, -0.25) is 0 Å². The lowest BCUT2D eigenvalue weighted by molar-refractivity contribution is 0.157. The second-order valence-corrected chi connectivity index (χ2v) is 5.19. The van der Waals surface area contributed by atoms with E-state index in [1.807, 2.05) is 31.3 Å². The second-order valence-electron chi connectivity index (χ2n) is 4.34. The summed E-state index contributed by atoms with van der Waals surface area (Å²) >= 11 is 3.52. The molecule has 0 bridgehead atoms. The predicted octanol–water partition coefficient (Wildman–Crippen LogP) is 3.22. The zero-order valence-electron chi connectivity index (χ0n) is 9.58. The Bertz CT molecular complexity index is 342. The van der Waals surface area contributed by atoms with Crippen LogP contribution >= 0.6 is 15.9 Å². The first-order valence-corrected chi connectivity index (χ1v) is 6.66. The Labute approximate surface area is 106 Å². The molecule has 0 spiro atoms. The van der Waals surface area contributed by atoms with Crippen molar-refractivity contribution in [2.75, 3.05) is 13.6 Å². The first-order chi connectivity index (χ1) is 7.81. The van der Waals surface area contributed by atoms with Crippen LogP contribution < -0.4 is 10.1 Å². The highest BCUT2D eigenvalue weighted by atomic mass is 79.9. The maximum Gasteiger partial charge on any atom is 0.133 e. The molecule has 2 atom stereocenters. The average molecular weight is 284 g/mol. The van der Waals surface area contributed by atoms with E-state index in [0.717, 1.165) is 16.8 Å². The van der Waals surface area contributed by atoms with Crippen LogP contribution in [0.25, 0.3) is 0 Å². The van der Waals surface area contributed by atoms with Crippen molar-refractivity contribution in [3.05, 3.63) is 28.7 Å². The molecule has 0 saturated heterocycles. The van der Waals surface area contributed by atoms with Gasteiger partial charge >= 0.3 is 0 Å². The molecule has 2 rings (SSSR count). The normalized spacial score (nSPS) is 24.6. The molecule has 1 aliphatic rings. The van der Waals surface area contributed by atoms with Gasteiger partial charge in [-0.2, -0.15) is 0 Å². The molecule has 2 unspecified atom stereocenters. The fourth-order valence-corrected chi connectivity index (χ4v) is 2.74. The molecular formula is C13H18BrNO. The highest BCUT2D eigenvalue weighted by Crippen LogP contribution is 2.32. The van der Waals surface area contributed by atoms with Gasteiger partial charge in [0.15, 0.2) is 0 Å². The monoisotopic (exact) mass is 283 g/mol. The van der Waals surface area contributed by atoms with E-state index in [-0.39, 0.29) is 0 Å². The summed E-state index contributed by atoms with van der Waals surface area (Å²) in [6.45, 7) is 1.05. The van der Waals surface area contributed by atoms with Crippen LogP contribution in [0.15, 0.2) is 28.7 Å². The molecule has 16 heavy (non-hydrogen) atoms. The molecule has 1 N–H and O–H groups in total. The Morgan fingerprint density at radius 1 is 1.38 bits per heavy atom. The van der Waals surface area contributed by atoms with E-state index >= 15 is 0 Å². The van der Waals surface area contributed by atoms with Crippen LogP contribution in [0, 0.1) is 5.92 Å². The minimum atomic E-state index is 0.367. The molecule has 0 radical (unpaired) electrons. The Hall–Kier alpha value is -0.540. The largest absolute Gasteiger partial charge is 0.489 e. The van der Waals surface area contributed by atoms with Gasteiger partial charge in [0.2, 0.25) is 0 Å². The van der Waals surface area contributed by atoms with Gasteiger partial charge in [0.05, 0.1) is 4.47 Å². The molecule has 0 amide bonds. The minimum absolute atomic E-state index is 0.367. The van der Waals surface area contributed by atoms with Crippen LogP contribution in [-0.2, 0) is 0 Å². The number of rotatable bonds is 4. The molecule has 0 aromatic heterocycles. The first-order valence-electron chi connectivity index (χ1n) is 5.87. The van der Waals surface area contributed by atoms with Crippen molar-refractivity contribution < 1.29 is 4.74 Å². The topological polar surface area (TPSA) is 21.3 Å². The van der Waals surface area contributed by atoms with Gasteiger partial charge in [0.1, 0.15) is 11.9 Å². The van der Waals surface area contributed by atoms with Crippen molar-refractivity contribution in [3.63, 3.8) is 0 Å². The van der Waals surface area contributed by atoms with Crippen LogP contribution in [0.2, 0.25) is 0 Å². The van der Waals surface area contributed by atoms with E-state index in [2.05, 4.69) is 21.2 Å². The number of benzene rings is 1. The van der Waals surface area contributed by atoms with Gasteiger partial charge in [0, 0.05) is 12.5 Å². The van der Waals surface area contributed by atoms with Crippen molar-refractivity contribution in [1.29, 1.82) is 0 Å². The highest BCUT2D eigenvalue weighted by Gasteiger charge is 2.28. The summed E-state index contributed by atoms with van der Waals surface area (Å²) in [6, 6.07) is 8.08. The van der Waals surface area contributed by atoms with E-state index in [4.69, 9.17) is 4.74 Å². The Balaban J connectivity index is 2.01. The van der Waals surface area contributed by atoms with Crippen molar-refractivity contribution in [2.45, 2.75) is 25.4 Å². The van der Waals surface area contributed by atoms with Gasteiger partial charge < -0.3 is 10.1 Å². The quantitative estimate of drug-likeness (QED) is 0.916.